The Bertz CT molecular complexity index is 861. The minimum absolute atomic E-state index is 0.0162. The molecule has 29 heavy (non-hydrogen) atoms. The molecule has 2 atom stereocenters. The highest BCUT2D eigenvalue weighted by Crippen LogP contribution is 2.36. The van der Waals surface area contributed by atoms with E-state index in [4.69, 9.17) is 9.47 Å². The van der Waals surface area contributed by atoms with Gasteiger partial charge in [-0.1, -0.05) is 13.0 Å². The van der Waals surface area contributed by atoms with Crippen molar-refractivity contribution in [2.45, 2.75) is 45.3 Å². The Balaban J connectivity index is 1.64. The van der Waals surface area contributed by atoms with Gasteiger partial charge in [-0.25, -0.2) is 0 Å². The number of aromatic amines is 1. The number of fused-ring (bicyclic) bond motifs is 1. The molecule has 156 valence electrons. The van der Waals surface area contributed by atoms with Gasteiger partial charge in [-0.15, -0.1) is 0 Å². The Morgan fingerprint density at radius 2 is 2.24 bits per heavy atom. The van der Waals surface area contributed by atoms with Gasteiger partial charge < -0.3 is 14.8 Å². The molecule has 2 aliphatic heterocycles. The van der Waals surface area contributed by atoms with Crippen molar-refractivity contribution in [2.75, 3.05) is 30.5 Å². The standard InChI is InChI=1S/C22H29N3O3S/c1-14-11-16-12-15(6-7-18(16)23-22(14)26)20-17(13-27-9-10-29-2)21(25-24-20)19-5-3-4-8-28-19/h6-7,12,14,19H,3-5,8-11,13H2,1-2H3,(H,23,26)(H,24,25). The Kier molecular flexibility index (Phi) is 6.57. The van der Waals surface area contributed by atoms with Gasteiger partial charge in [0, 0.05) is 35.1 Å². The van der Waals surface area contributed by atoms with Gasteiger partial charge in [0.2, 0.25) is 5.91 Å². The number of hydrogen-bond donors (Lipinski definition) is 2. The number of nitrogens with one attached hydrogen (secondary N) is 2. The predicted octanol–water partition coefficient (Wildman–Crippen LogP) is 4.33. The van der Waals surface area contributed by atoms with Crippen LogP contribution in [0.1, 0.15) is 49.1 Å². The van der Waals surface area contributed by atoms with Gasteiger partial charge >= 0.3 is 0 Å². The molecule has 2 unspecified atom stereocenters. The Labute approximate surface area is 176 Å². The molecule has 1 fully saturated rings. The van der Waals surface area contributed by atoms with E-state index in [1.54, 1.807) is 11.8 Å². The van der Waals surface area contributed by atoms with Crippen LogP contribution >= 0.6 is 11.8 Å². The fourth-order valence-electron chi connectivity index (χ4n) is 4.03. The van der Waals surface area contributed by atoms with Crippen LogP contribution in [0.3, 0.4) is 0 Å². The van der Waals surface area contributed by atoms with Crippen molar-refractivity contribution in [3.8, 4) is 11.3 Å². The molecule has 0 spiro atoms. The van der Waals surface area contributed by atoms with E-state index in [2.05, 4.69) is 27.8 Å². The first kappa shape index (κ1) is 20.4. The van der Waals surface area contributed by atoms with Crippen LogP contribution in [0.2, 0.25) is 0 Å². The minimum atomic E-state index is -0.0162. The molecule has 0 bridgehead atoms. The van der Waals surface area contributed by atoms with Gasteiger partial charge in [-0.3, -0.25) is 9.89 Å². The lowest BCUT2D eigenvalue weighted by atomic mass is 9.92. The molecule has 3 heterocycles. The average molecular weight is 416 g/mol. The third-order valence-electron chi connectivity index (χ3n) is 5.69. The van der Waals surface area contributed by atoms with E-state index in [-0.39, 0.29) is 17.9 Å². The van der Waals surface area contributed by atoms with Crippen LogP contribution in [0.25, 0.3) is 11.3 Å². The summed E-state index contributed by atoms with van der Waals surface area (Å²) in [6.07, 6.45) is 6.18. The summed E-state index contributed by atoms with van der Waals surface area (Å²) < 4.78 is 12.0. The van der Waals surface area contributed by atoms with E-state index in [1.807, 2.05) is 19.1 Å². The van der Waals surface area contributed by atoms with Gasteiger partial charge in [-0.2, -0.15) is 16.9 Å². The first-order valence-electron chi connectivity index (χ1n) is 10.4. The molecule has 0 saturated carbocycles. The normalized spacial score (nSPS) is 21.7. The van der Waals surface area contributed by atoms with Gasteiger partial charge in [0.1, 0.15) is 0 Å². The van der Waals surface area contributed by atoms with Crippen molar-refractivity contribution < 1.29 is 14.3 Å². The molecule has 1 saturated heterocycles. The Morgan fingerprint density at radius 1 is 1.34 bits per heavy atom. The summed E-state index contributed by atoms with van der Waals surface area (Å²) in [6, 6.07) is 6.17. The summed E-state index contributed by atoms with van der Waals surface area (Å²) >= 11 is 1.78. The van der Waals surface area contributed by atoms with Crippen molar-refractivity contribution >= 4 is 23.4 Å². The fourth-order valence-corrected chi connectivity index (χ4v) is 4.31. The number of anilines is 1. The Morgan fingerprint density at radius 3 is 3.03 bits per heavy atom. The van der Waals surface area contributed by atoms with Crippen molar-refractivity contribution in [1.82, 2.24) is 10.2 Å². The molecule has 1 aromatic carbocycles. The zero-order valence-corrected chi connectivity index (χ0v) is 17.9. The van der Waals surface area contributed by atoms with E-state index in [0.717, 1.165) is 65.4 Å². The van der Waals surface area contributed by atoms with Crippen LogP contribution in [-0.4, -0.2) is 41.3 Å². The molecule has 4 rings (SSSR count). The highest BCUT2D eigenvalue weighted by atomic mass is 32.2. The molecule has 0 aliphatic carbocycles. The van der Waals surface area contributed by atoms with E-state index >= 15 is 0 Å². The highest BCUT2D eigenvalue weighted by Gasteiger charge is 2.26. The maximum atomic E-state index is 12.0. The quantitative estimate of drug-likeness (QED) is 0.659. The summed E-state index contributed by atoms with van der Waals surface area (Å²) in [4.78, 5) is 12.0. The molecule has 1 amide bonds. The second-order valence-corrected chi connectivity index (χ2v) is 8.82. The lowest BCUT2D eigenvalue weighted by Crippen LogP contribution is -2.27. The monoisotopic (exact) mass is 415 g/mol. The maximum Gasteiger partial charge on any atom is 0.227 e. The zero-order valence-electron chi connectivity index (χ0n) is 17.1. The maximum absolute atomic E-state index is 12.0. The summed E-state index contributed by atoms with van der Waals surface area (Å²) in [5.74, 6) is 1.04. The third-order valence-corrected chi connectivity index (χ3v) is 6.26. The first-order valence-corrected chi connectivity index (χ1v) is 11.8. The molecular weight excluding hydrogens is 386 g/mol. The summed E-state index contributed by atoms with van der Waals surface area (Å²) in [6.45, 7) is 3.99. The number of benzene rings is 1. The molecule has 7 heteroatoms. The van der Waals surface area contributed by atoms with Crippen molar-refractivity contribution in [3.63, 3.8) is 0 Å². The number of amides is 1. The topological polar surface area (TPSA) is 76.2 Å². The van der Waals surface area contributed by atoms with E-state index in [9.17, 15) is 4.79 Å². The van der Waals surface area contributed by atoms with E-state index < -0.39 is 0 Å². The van der Waals surface area contributed by atoms with Crippen molar-refractivity contribution in [2.24, 2.45) is 5.92 Å². The predicted molar refractivity (Wildman–Crippen MR) is 116 cm³/mol. The van der Waals surface area contributed by atoms with Crippen molar-refractivity contribution in [1.29, 1.82) is 0 Å². The van der Waals surface area contributed by atoms with E-state index in [0.29, 0.717) is 13.2 Å². The number of nitrogens with zero attached hydrogens (tertiary/aromatic N) is 1. The minimum Gasteiger partial charge on any atom is -0.376 e. The van der Waals surface area contributed by atoms with Crippen LogP contribution in [0, 0.1) is 5.92 Å². The van der Waals surface area contributed by atoms with Crippen LogP contribution in [0.15, 0.2) is 18.2 Å². The van der Waals surface area contributed by atoms with E-state index in [1.165, 1.54) is 6.42 Å². The Hall–Kier alpha value is -1.83. The lowest BCUT2D eigenvalue weighted by molar-refractivity contribution is -0.119. The number of carbonyl (C=O) groups excluding carboxylic acids is 1. The molecule has 1 aromatic heterocycles. The second-order valence-electron chi connectivity index (χ2n) is 7.83. The third kappa shape index (κ3) is 4.52. The smallest absolute Gasteiger partial charge is 0.227 e. The van der Waals surface area contributed by atoms with Gasteiger partial charge in [0.05, 0.1) is 30.7 Å². The number of thioether (sulfide) groups is 1. The molecular formula is C22H29N3O3S. The molecule has 6 nitrogen and oxygen atoms in total. The summed E-state index contributed by atoms with van der Waals surface area (Å²) in [7, 11) is 0. The van der Waals surface area contributed by atoms with Crippen molar-refractivity contribution in [3.05, 3.63) is 35.0 Å². The average Bonchev–Trinajstić information content (AvgIpc) is 3.16. The zero-order chi connectivity index (χ0) is 20.2. The number of ether oxygens (including phenoxy) is 2. The highest BCUT2D eigenvalue weighted by molar-refractivity contribution is 7.98. The summed E-state index contributed by atoms with van der Waals surface area (Å²) in [5.41, 5.74) is 6.16. The number of aromatic nitrogens is 2. The fraction of sp³-hybridized carbons (Fsp3) is 0.545. The lowest BCUT2D eigenvalue weighted by Gasteiger charge is -2.23. The van der Waals surface area contributed by atoms with Crippen LogP contribution in [0.4, 0.5) is 5.69 Å². The SMILES string of the molecule is CSCCOCc1c(-c2ccc3c(c2)CC(C)C(=O)N3)n[nH]c1C1CCCCO1. The van der Waals surface area contributed by atoms with Crippen LogP contribution < -0.4 is 5.32 Å². The number of hydrogen-bond acceptors (Lipinski definition) is 5. The molecule has 0 radical (unpaired) electrons. The summed E-state index contributed by atoms with van der Waals surface area (Å²) in [5, 5.41) is 10.9. The van der Waals surface area contributed by atoms with Gasteiger partial charge in [0.25, 0.3) is 0 Å². The first-order chi connectivity index (χ1) is 14.2. The molecule has 2 aliphatic rings. The largest absolute Gasteiger partial charge is 0.376 e. The number of carbonyl (C=O) groups is 1. The molecule has 2 aromatic rings. The van der Waals surface area contributed by atoms with Gasteiger partial charge in [-0.05, 0) is 49.6 Å². The van der Waals surface area contributed by atoms with Crippen LogP contribution in [0.5, 0.6) is 0 Å². The molecule has 2 N–H and O–H groups in total. The van der Waals surface area contributed by atoms with Gasteiger partial charge in [0.15, 0.2) is 0 Å². The second kappa shape index (κ2) is 9.32. The number of rotatable bonds is 7. The number of H-pyrrole nitrogens is 1. The van der Waals surface area contributed by atoms with Crippen LogP contribution in [-0.2, 0) is 27.3 Å².